The van der Waals surface area contributed by atoms with Gasteiger partial charge < -0.3 is 14.5 Å². The van der Waals surface area contributed by atoms with Crippen LogP contribution in [-0.4, -0.2) is 11.6 Å². The fourth-order valence-electron chi connectivity index (χ4n) is 3.10. The lowest BCUT2D eigenvalue weighted by atomic mass is 9.94. The van der Waals surface area contributed by atoms with Crippen LogP contribution >= 0.6 is 0 Å². The minimum Gasteiger partial charge on any atom is -0.498 e. The predicted octanol–water partition coefficient (Wildman–Crippen LogP) is 5.10. The topological polar surface area (TPSA) is 47.3 Å². The van der Waals surface area contributed by atoms with Crippen molar-refractivity contribution >= 4 is 11.7 Å². The van der Waals surface area contributed by atoms with E-state index < -0.39 is 0 Å². The summed E-state index contributed by atoms with van der Waals surface area (Å²) >= 11 is 0. The molecule has 126 valence electrons. The third-order valence-electron chi connectivity index (χ3n) is 4.31. The number of aromatic nitrogens is 1. The largest absolute Gasteiger partial charge is 0.498 e. The maximum absolute atomic E-state index is 5.87. The standard InChI is InChI=1S/C21H20N2O2/c1-2-24-17-12-11-15-9-6-10-19(18(15)13-17)23-21-22-14-20(25-21)16-7-4-3-5-8-16/h3-10,12,14H,2,11,13H2,1H3,(H,22,23). The van der Waals surface area contributed by atoms with E-state index in [0.29, 0.717) is 12.6 Å². The fourth-order valence-corrected chi connectivity index (χ4v) is 3.10. The molecule has 4 heteroatoms. The molecule has 1 aromatic heterocycles. The number of oxazole rings is 1. The van der Waals surface area contributed by atoms with E-state index in [1.54, 1.807) is 6.20 Å². The Morgan fingerprint density at radius 3 is 2.84 bits per heavy atom. The summed E-state index contributed by atoms with van der Waals surface area (Å²) in [4.78, 5) is 4.37. The third kappa shape index (κ3) is 3.29. The Balaban J connectivity index is 1.58. The Bertz CT molecular complexity index is 897. The van der Waals surface area contributed by atoms with Gasteiger partial charge in [-0.2, -0.15) is 0 Å². The highest BCUT2D eigenvalue weighted by molar-refractivity contribution is 5.64. The first-order valence-electron chi connectivity index (χ1n) is 8.54. The first-order valence-corrected chi connectivity index (χ1v) is 8.54. The molecule has 0 radical (unpaired) electrons. The molecule has 0 amide bonds. The van der Waals surface area contributed by atoms with E-state index >= 15 is 0 Å². The quantitative estimate of drug-likeness (QED) is 0.706. The van der Waals surface area contributed by atoms with Gasteiger partial charge in [-0.25, -0.2) is 4.98 Å². The summed E-state index contributed by atoms with van der Waals surface area (Å²) < 4.78 is 11.6. The zero-order valence-corrected chi connectivity index (χ0v) is 14.2. The molecule has 4 rings (SSSR count). The van der Waals surface area contributed by atoms with Crippen LogP contribution in [0.15, 0.2) is 71.0 Å². The molecule has 0 bridgehead atoms. The molecule has 1 aliphatic carbocycles. The lowest BCUT2D eigenvalue weighted by molar-refractivity contribution is 0.220. The van der Waals surface area contributed by atoms with Gasteiger partial charge in [-0.05, 0) is 36.6 Å². The molecular weight excluding hydrogens is 312 g/mol. The third-order valence-corrected chi connectivity index (χ3v) is 4.31. The predicted molar refractivity (Wildman–Crippen MR) is 98.8 cm³/mol. The average Bonchev–Trinajstić information content (AvgIpc) is 3.12. The first kappa shape index (κ1) is 15.5. The number of nitrogens with zero attached hydrogens (tertiary/aromatic N) is 1. The molecule has 0 unspecified atom stereocenters. The fraction of sp³-hybridized carbons (Fsp3) is 0.190. The Morgan fingerprint density at radius 1 is 1.12 bits per heavy atom. The van der Waals surface area contributed by atoms with Crippen LogP contribution in [0.4, 0.5) is 11.7 Å². The van der Waals surface area contributed by atoms with E-state index in [9.17, 15) is 0 Å². The number of hydrogen-bond acceptors (Lipinski definition) is 4. The highest BCUT2D eigenvalue weighted by Crippen LogP contribution is 2.31. The summed E-state index contributed by atoms with van der Waals surface area (Å²) in [5.74, 6) is 1.78. The van der Waals surface area contributed by atoms with E-state index in [1.807, 2.05) is 37.3 Å². The van der Waals surface area contributed by atoms with Crippen molar-refractivity contribution in [2.45, 2.75) is 19.8 Å². The van der Waals surface area contributed by atoms with Gasteiger partial charge in [-0.3, -0.25) is 0 Å². The molecule has 1 aliphatic rings. The number of nitrogens with one attached hydrogen (secondary N) is 1. The zero-order valence-electron chi connectivity index (χ0n) is 14.2. The molecule has 0 aliphatic heterocycles. The maximum Gasteiger partial charge on any atom is 0.299 e. The summed E-state index contributed by atoms with van der Waals surface area (Å²) in [6, 6.07) is 16.7. The van der Waals surface area contributed by atoms with Gasteiger partial charge in [0, 0.05) is 17.7 Å². The second-order valence-corrected chi connectivity index (χ2v) is 5.95. The van der Waals surface area contributed by atoms with Gasteiger partial charge in [0.2, 0.25) is 0 Å². The van der Waals surface area contributed by atoms with Gasteiger partial charge in [0.1, 0.15) is 0 Å². The summed E-state index contributed by atoms with van der Waals surface area (Å²) in [5, 5.41) is 3.32. The molecule has 0 spiro atoms. The van der Waals surface area contributed by atoms with E-state index in [0.717, 1.165) is 35.6 Å². The maximum atomic E-state index is 5.87. The van der Waals surface area contributed by atoms with E-state index in [2.05, 4.69) is 34.6 Å². The van der Waals surface area contributed by atoms with Crippen LogP contribution in [-0.2, 0) is 17.6 Å². The van der Waals surface area contributed by atoms with E-state index in [1.165, 1.54) is 11.1 Å². The van der Waals surface area contributed by atoms with Crippen molar-refractivity contribution in [1.82, 2.24) is 4.98 Å². The Labute approximate surface area is 147 Å². The Morgan fingerprint density at radius 2 is 2.00 bits per heavy atom. The summed E-state index contributed by atoms with van der Waals surface area (Å²) in [7, 11) is 0. The zero-order chi connectivity index (χ0) is 17.1. The lowest BCUT2D eigenvalue weighted by Crippen LogP contribution is -2.08. The highest BCUT2D eigenvalue weighted by atomic mass is 16.5. The van der Waals surface area contributed by atoms with Crippen LogP contribution in [0, 0.1) is 0 Å². The van der Waals surface area contributed by atoms with Crippen molar-refractivity contribution in [3.8, 4) is 11.3 Å². The molecule has 4 nitrogen and oxygen atoms in total. The molecule has 25 heavy (non-hydrogen) atoms. The van der Waals surface area contributed by atoms with Crippen LogP contribution in [0.25, 0.3) is 11.3 Å². The van der Waals surface area contributed by atoms with Crippen molar-refractivity contribution in [1.29, 1.82) is 0 Å². The monoisotopic (exact) mass is 332 g/mol. The lowest BCUT2D eigenvalue weighted by Gasteiger charge is -2.20. The number of benzene rings is 2. The van der Waals surface area contributed by atoms with Gasteiger partial charge in [-0.1, -0.05) is 42.5 Å². The molecule has 0 saturated heterocycles. The number of hydrogen-bond donors (Lipinski definition) is 1. The van der Waals surface area contributed by atoms with Crippen molar-refractivity contribution in [3.05, 3.63) is 77.7 Å². The van der Waals surface area contributed by atoms with E-state index in [-0.39, 0.29) is 0 Å². The SMILES string of the molecule is CCOC1=CCc2cccc(Nc3ncc(-c4ccccc4)o3)c2C1. The number of rotatable bonds is 5. The smallest absolute Gasteiger partial charge is 0.299 e. The van der Waals surface area contributed by atoms with Gasteiger partial charge >= 0.3 is 0 Å². The average molecular weight is 332 g/mol. The van der Waals surface area contributed by atoms with Gasteiger partial charge in [-0.15, -0.1) is 0 Å². The van der Waals surface area contributed by atoms with Crippen molar-refractivity contribution in [2.24, 2.45) is 0 Å². The number of ether oxygens (including phenoxy) is 1. The van der Waals surface area contributed by atoms with Crippen LogP contribution in [0.3, 0.4) is 0 Å². The molecule has 3 aromatic rings. The summed E-state index contributed by atoms with van der Waals surface area (Å²) in [6.07, 6.45) is 5.59. The van der Waals surface area contributed by atoms with Crippen molar-refractivity contribution in [2.75, 3.05) is 11.9 Å². The minimum atomic E-state index is 0.500. The van der Waals surface area contributed by atoms with Crippen LogP contribution in [0.1, 0.15) is 18.1 Å². The van der Waals surface area contributed by atoms with Crippen LogP contribution in [0.2, 0.25) is 0 Å². The molecule has 1 heterocycles. The van der Waals surface area contributed by atoms with Gasteiger partial charge in [0.25, 0.3) is 6.01 Å². The minimum absolute atomic E-state index is 0.500. The molecular formula is C21H20N2O2. The molecule has 0 fully saturated rings. The van der Waals surface area contributed by atoms with E-state index in [4.69, 9.17) is 9.15 Å². The summed E-state index contributed by atoms with van der Waals surface area (Å²) in [6.45, 7) is 2.70. The normalized spacial score (nSPS) is 13.1. The first-order chi connectivity index (χ1) is 12.3. The summed E-state index contributed by atoms with van der Waals surface area (Å²) in [5.41, 5.74) is 4.58. The van der Waals surface area contributed by atoms with Gasteiger partial charge in [0.15, 0.2) is 5.76 Å². The second-order valence-electron chi connectivity index (χ2n) is 5.95. The Kier molecular flexibility index (Phi) is 4.25. The van der Waals surface area contributed by atoms with Crippen LogP contribution < -0.4 is 5.32 Å². The van der Waals surface area contributed by atoms with Crippen molar-refractivity contribution < 1.29 is 9.15 Å². The number of fused-ring (bicyclic) bond motifs is 1. The molecule has 2 aromatic carbocycles. The number of allylic oxidation sites excluding steroid dienone is 2. The molecule has 0 atom stereocenters. The van der Waals surface area contributed by atoms with Gasteiger partial charge in [0.05, 0.1) is 18.6 Å². The number of anilines is 2. The highest BCUT2D eigenvalue weighted by Gasteiger charge is 2.16. The van der Waals surface area contributed by atoms with Crippen molar-refractivity contribution in [3.63, 3.8) is 0 Å². The van der Waals surface area contributed by atoms with Crippen LogP contribution in [0.5, 0.6) is 0 Å². The Hall–Kier alpha value is -3.01. The molecule has 0 saturated carbocycles. The molecule has 1 N–H and O–H groups in total. The second kappa shape index (κ2) is 6.85.